The summed E-state index contributed by atoms with van der Waals surface area (Å²) in [6, 6.07) is 9.62. The van der Waals surface area contributed by atoms with Crippen LogP contribution in [0.2, 0.25) is 0 Å². The third-order valence-electron chi connectivity index (χ3n) is 6.20. The maximum absolute atomic E-state index is 13.2. The summed E-state index contributed by atoms with van der Waals surface area (Å²) >= 11 is 0. The molecule has 0 amide bonds. The van der Waals surface area contributed by atoms with E-state index < -0.39 is 11.9 Å². The highest BCUT2D eigenvalue weighted by Gasteiger charge is 2.38. The van der Waals surface area contributed by atoms with Gasteiger partial charge in [-0.25, -0.2) is 4.98 Å². The van der Waals surface area contributed by atoms with Crippen LogP contribution in [0.1, 0.15) is 54.5 Å². The van der Waals surface area contributed by atoms with E-state index in [0.29, 0.717) is 23.2 Å². The van der Waals surface area contributed by atoms with Crippen LogP contribution in [0.25, 0.3) is 22.6 Å². The molecule has 3 aromatic heterocycles. The standard InChI is InChI=1S/C24H23F3N6/c1-14(2)18-5-3-4-15-6-7-17(21(15)18)11-33-12-20(29-13-33)19-10-16(8-9-28-19)22-23(24(25,26)27)31-32-30-22/h3-5,8-10,12-14,17H,6-7,11H2,1-2H3,(H,30,31,32)/t17-/m1/s1. The molecule has 5 rings (SSSR count). The molecule has 1 atom stereocenters. The first-order chi connectivity index (χ1) is 15.8. The summed E-state index contributed by atoms with van der Waals surface area (Å²) in [7, 11) is 0. The van der Waals surface area contributed by atoms with Gasteiger partial charge in [-0.05, 0) is 47.6 Å². The van der Waals surface area contributed by atoms with Gasteiger partial charge >= 0.3 is 6.18 Å². The molecule has 0 saturated heterocycles. The Hall–Kier alpha value is -3.49. The Bertz CT molecular complexity index is 1290. The van der Waals surface area contributed by atoms with E-state index in [4.69, 9.17) is 0 Å². The molecule has 9 heteroatoms. The first-order valence-electron chi connectivity index (χ1n) is 10.9. The van der Waals surface area contributed by atoms with Gasteiger partial charge in [-0.2, -0.15) is 28.6 Å². The van der Waals surface area contributed by atoms with Crippen molar-refractivity contribution in [2.75, 3.05) is 0 Å². The number of nitrogens with one attached hydrogen (secondary N) is 1. The lowest BCUT2D eigenvalue weighted by Gasteiger charge is -2.18. The van der Waals surface area contributed by atoms with Crippen molar-refractivity contribution < 1.29 is 13.2 Å². The van der Waals surface area contributed by atoms with Crippen molar-refractivity contribution in [2.45, 2.75) is 51.2 Å². The summed E-state index contributed by atoms with van der Waals surface area (Å²) in [6.45, 7) is 5.24. The topological polar surface area (TPSA) is 72.3 Å². The van der Waals surface area contributed by atoms with E-state index >= 15 is 0 Å². The number of fused-ring (bicyclic) bond motifs is 1. The van der Waals surface area contributed by atoms with E-state index in [1.165, 1.54) is 29.0 Å². The van der Waals surface area contributed by atoms with Crippen LogP contribution in [0.4, 0.5) is 13.2 Å². The zero-order valence-corrected chi connectivity index (χ0v) is 18.3. The van der Waals surface area contributed by atoms with Crippen molar-refractivity contribution in [3.63, 3.8) is 0 Å². The molecule has 0 fully saturated rings. The van der Waals surface area contributed by atoms with Crippen LogP contribution in [0.3, 0.4) is 0 Å². The zero-order chi connectivity index (χ0) is 23.2. The van der Waals surface area contributed by atoms with Crippen LogP contribution in [-0.2, 0) is 19.1 Å². The molecule has 4 aromatic rings. The largest absolute Gasteiger partial charge is 0.437 e. The Balaban J connectivity index is 1.41. The minimum atomic E-state index is -4.60. The predicted molar refractivity (Wildman–Crippen MR) is 117 cm³/mol. The smallest absolute Gasteiger partial charge is 0.336 e. The molecule has 0 radical (unpaired) electrons. The first-order valence-corrected chi connectivity index (χ1v) is 10.9. The highest BCUT2D eigenvalue weighted by molar-refractivity contribution is 5.67. The number of aromatic amines is 1. The molecule has 33 heavy (non-hydrogen) atoms. The fraction of sp³-hybridized carbons (Fsp3) is 0.333. The lowest BCUT2D eigenvalue weighted by atomic mass is 9.89. The van der Waals surface area contributed by atoms with E-state index in [1.807, 2.05) is 10.8 Å². The Morgan fingerprint density at radius 3 is 2.76 bits per heavy atom. The number of alkyl halides is 3. The second-order valence-corrected chi connectivity index (χ2v) is 8.71. The number of aromatic nitrogens is 6. The second kappa shape index (κ2) is 8.13. The molecule has 0 unspecified atom stereocenters. The van der Waals surface area contributed by atoms with Gasteiger partial charge < -0.3 is 4.57 Å². The molecular weight excluding hydrogens is 429 g/mol. The summed E-state index contributed by atoms with van der Waals surface area (Å²) in [5, 5.41) is 9.03. The normalized spacial score (nSPS) is 15.9. The maximum atomic E-state index is 13.2. The van der Waals surface area contributed by atoms with Crippen molar-refractivity contribution in [1.82, 2.24) is 29.9 Å². The quantitative estimate of drug-likeness (QED) is 0.428. The lowest BCUT2D eigenvalue weighted by Crippen LogP contribution is -2.08. The third kappa shape index (κ3) is 4.03. The van der Waals surface area contributed by atoms with Crippen LogP contribution in [0, 0.1) is 0 Å². The van der Waals surface area contributed by atoms with Crippen LogP contribution >= 0.6 is 0 Å². The van der Waals surface area contributed by atoms with Crippen LogP contribution in [0.15, 0.2) is 49.1 Å². The minimum Gasteiger partial charge on any atom is -0.336 e. The van der Waals surface area contributed by atoms with Crippen molar-refractivity contribution in [3.05, 3.63) is 71.4 Å². The number of imidazole rings is 1. The average molecular weight is 452 g/mol. The van der Waals surface area contributed by atoms with Crippen LogP contribution < -0.4 is 0 Å². The van der Waals surface area contributed by atoms with Gasteiger partial charge in [0.25, 0.3) is 0 Å². The van der Waals surface area contributed by atoms with Crippen LogP contribution in [-0.4, -0.2) is 29.9 Å². The summed E-state index contributed by atoms with van der Waals surface area (Å²) in [5.41, 5.74) is 4.34. The SMILES string of the molecule is CC(C)c1cccc2c1[C@@H](Cn1cnc(-c3cc(-c4n[nH]nc4C(F)(F)F)ccn3)c1)CC2. The Kier molecular flexibility index (Phi) is 5.26. The molecule has 1 aliphatic rings. The van der Waals surface area contributed by atoms with Crippen LogP contribution in [0.5, 0.6) is 0 Å². The van der Waals surface area contributed by atoms with Crippen molar-refractivity contribution in [1.29, 1.82) is 0 Å². The predicted octanol–water partition coefficient (Wildman–Crippen LogP) is 5.60. The number of pyridine rings is 1. The molecule has 0 aliphatic heterocycles. The number of H-pyrrole nitrogens is 1. The van der Waals surface area contributed by atoms with E-state index in [2.05, 4.69) is 57.4 Å². The molecule has 1 aromatic carbocycles. The summed E-state index contributed by atoms with van der Waals surface area (Å²) in [6.07, 6.45) is 2.69. The lowest BCUT2D eigenvalue weighted by molar-refractivity contribution is -0.140. The fourth-order valence-corrected chi connectivity index (χ4v) is 4.70. The number of halogens is 3. The highest BCUT2D eigenvalue weighted by Crippen LogP contribution is 2.39. The van der Waals surface area contributed by atoms with Crippen molar-refractivity contribution >= 4 is 0 Å². The van der Waals surface area contributed by atoms with E-state index in [0.717, 1.165) is 19.4 Å². The monoisotopic (exact) mass is 452 g/mol. The summed E-state index contributed by atoms with van der Waals surface area (Å²) in [5.74, 6) is 0.869. The maximum Gasteiger partial charge on any atom is 0.437 e. The Labute approximate surface area is 188 Å². The number of hydrogen-bond donors (Lipinski definition) is 1. The van der Waals surface area contributed by atoms with Gasteiger partial charge in [0.2, 0.25) is 0 Å². The average Bonchev–Trinajstić information content (AvgIpc) is 3.53. The molecule has 0 saturated carbocycles. The summed E-state index contributed by atoms with van der Waals surface area (Å²) in [4.78, 5) is 8.78. The minimum absolute atomic E-state index is 0.255. The molecule has 170 valence electrons. The Morgan fingerprint density at radius 1 is 1.12 bits per heavy atom. The molecule has 6 nitrogen and oxygen atoms in total. The van der Waals surface area contributed by atoms with Gasteiger partial charge in [-0.1, -0.05) is 32.0 Å². The van der Waals surface area contributed by atoms with Crippen molar-refractivity contribution in [2.24, 2.45) is 0 Å². The Morgan fingerprint density at radius 2 is 1.97 bits per heavy atom. The number of hydrogen-bond acceptors (Lipinski definition) is 4. The van der Waals surface area contributed by atoms with E-state index in [1.54, 1.807) is 12.4 Å². The fourth-order valence-electron chi connectivity index (χ4n) is 4.70. The first kappa shape index (κ1) is 21.4. The van der Waals surface area contributed by atoms with Gasteiger partial charge in [0, 0.05) is 30.4 Å². The molecule has 1 N–H and O–H groups in total. The number of benzene rings is 1. The van der Waals surface area contributed by atoms with Gasteiger partial charge in [-0.3, -0.25) is 4.98 Å². The van der Waals surface area contributed by atoms with Gasteiger partial charge in [0.15, 0.2) is 5.69 Å². The third-order valence-corrected chi connectivity index (χ3v) is 6.20. The van der Waals surface area contributed by atoms with Gasteiger partial charge in [0.05, 0.1) is 12.0 Å². The molecule has 1 aliphatic carbocycles. The highest BCUT2D eigenvalue weighted by atomic mass is 19.4. The zero-order valence-electron chi connectivity index (χ0n) is 18.3. The molecular formula is C24H23F3N6. The number of nitrogens with zero attached hydrogens (tertiary/aromatic N) is 5. The molecule has 0 bridgehead atoms. The van der Waals surface area contributed by atoms with Gasteiger partial charge in [0.1, 0.15) is 11.4 Å². The van der Waals surface area contributed by atoms with Gasteiger partial charge in [-0.15, -0.1) is 0 Å². The summed E-state index contributed by atoms with van der Waals surface area (Å²) < 4.78 is 41.7. The molecule has 0 spiro atoms. The molecule has 3 heterocycles. The second-order valence-electron chi connectivity index (χ2n) is 8.71. The van der Waals surface area contributed by atoms with E-state index in [9.17, 15) is 13.2 Å². The van der Waals surface area contributed by atoms with Crippen molar-refractivity contribution in [3.8, 4) is 22.6 Å². The number of aryl methyl sites for hydroxylation is 1. The van der Waals surface area contributed by atoms with E-state index in [-0.39, 0.29) is 11.3 Å². The number of rotatable bonds is 5.